The first kappa shape index (κ1) is 14.2. The molecule has 1 aromatic heterocycles. The van der Waals surface area contributed by atoms with Crippen molar-refractivity contribution in [1.29, 1.82) is 0 Å². The Kier molecular flexibility index (Phi) is 4.38. The normalized spacial score (nSPS) is 17.7. The average Bonchev–Trinajstić information content (AvgIpc) is 2.57. The summed E-state index contributed by atoms with van der Waals surface area (Å²) in [5, 5.41) is 12.1. The second kappa shape index (κ2) is 6.80. The van der Waals surface area contributed by atoms with Crippen LogP contribution in [-0.2, 0) is 0 Å². The Morgan fingerprint density at radius 3 is 2.82 bits per heavy atom. The van der Waals surface area contributed by atoms with Gasteiger partial charge >= 0.3 is 0 Å². The van der Waals surface area contributed by atoms with Crippen molar-refractivity contribution in [3.05, 3.63) is 52.8 Å². The molecule has 22 heavy (non-hydrogen) atoms. The van der Waals surface area contributed by atoms with Crippen LogP contribution in [-0.4, -0.2) is 21.4 Å². The molecular formula is C16H17N5O. The lowest BCUT2D eigenvalue weighted by Crippen LogP contribution is -2.15. The van der Waals surface area contributed by atoms with E-state index < -0.39 is 0 Å². The number of rotatable bonds is 4. The van der Waals surface area contributed by atoms with Gasteiger partial charge in [0.2, 0.25) is 5.95 Å². The molecule has 1 aromatic carbocycles. The summed E-state index contributed by atoms with van der Waals surface area (Å²) in [6.07, 6.45) is 9.38. The fraction of sp³-hybridized carbons (Fsp3) is 0.250. The third-order valence-electron chi connectivity index (χ3n) is 3.51. The van der Waals surface area contributed by atoms with E-state index in [1.165, 1.54) is 0 Å². The van der Waals surface area contributed by atoms with Gasteiger partial charge in [-0.05, 0) is 25.2 Å². The first-order chi connectivity index (χ1) is 10.8. The highest BCUT2D eigenvalue weighted by Crippen LogP contribution is 2.15. The summed E-state index contributed by atoms with van der Waals surface area (Å²) in [4.78, 5) is 14.7. The first-order valence-corrected chi connectivity index (χ1v) is 7.29. The van der Waals surface area contributed by atoms with E-state index >= 15 is 0 Å². The van der Waals surface area contributed by atoms with Crippen LogP contribution < -0.4 is 11.0 Å². The first-order valence-electron chi connectivity index (χ1n) is 7.29. The van der Waals surface area contributed by atoms with Crippen molar-refractivity contribution in [1.82, 2.24) is 15.2 Å². The van der Waals surface area contributed by atoms with Crippen LogP contribution in [0.15, 0.2) is 52.4 Å². The number of anilines is 1. The summed E-state index contributed by atoms with van der Waals surface area (Å²) < 4.78 is 0. The van der Waals surface area contributed by atoms with E-state index in [9.17, 15) is 4.79 Å². The monoisotopic (exact) mass is 295 g/mol. The number of nitrogens with one attached hydrogen (secondary N) is 2. The molecule has 0 bridgehead atoms. The molecule has 112 valence electrons. The summed E-state index contributed by atoms with van der Waals surface area (Å²) in [5.41, 5.74) is 3.47. The Balaban J connectivity index is 1.68. The molecule has 1 unspecified atom stereocenters. The van der Waals surface area contributed by atoms with E-state index in [-0.39, 0.29) is 11.5 Å². The number of aromatic amines is 1. The molecule has 1 aliphatic rings. The maximum absolute atomic E-state index is 12.0. The molecule has 0 amide bonds. The molecule has 0 saturated carbocycles. The minimum absolute atomic E-state index is 0.243. The quantitative estimate of drug-likeness (QED) is 0.516. The number of nitrogens with zero attached hydrogens (tertiary/aromatic N) is 3. The van der Waals surface area contributed by atoms with Gasteiger partial charge in [0.25, 0.3) is 5.56 Å². The molecule has 1 aliphatic carbocycles. The molecule has 1 heterocycles. The molecule has 3 rings (SSSR count). The number of hydrogen-bond donors (Lipinski definition) is 2. The Morgan fingerprint density at radius 1 is 1.23 bits per heavy atom. The average molecular weight is 295 g/mol. The van der Waals surface area contributed by atoms with Crippen LogP contribution >= 0.6 is 0 Å². The minimum Gasteiger partial charge on any atom is -0.288 e. The second-order valence-corrected chi connectivity index (χ2v) is 5.15. The smallest absolute Gasteiger partial charge is 0.279 e. The number of aromatic nitrogens is 3. The zero-order chi connectivity index (χ0) is 15.2. The summed E-state index contributed by atoms with van der Waals surface area (Å²) >= 11 is 0. The molecule has 0 radical (unpaired) electrons. The highest BCUT2D eigenvalue weighted by atomic mass is 16.1. The lowest BCUT2D eigenvalue weighted by atomic mass is 9.96. The third kappa shape index (κ3) is 3.46. The Morgan fingerprint density at radius 2 is 2.09 bits per heavy atom. The van der Waals surface area contributed by atoms with E-state index in [1.807, 2.05) is 36.5 Å². The van der Waals surface area contributed by atoms with Crippen LogP contribution in [0.3, 0.4) is 0 Å². The van der Waals surface area contributed by atoms with Crippen LogP contribution in [0.25, 0.3) is 11.3 Å². The van der Waals surface area contributed by atoms with E-state index in [0.29, 0.717) is 11.6 Å². The third-order valence-corrected chi connectivity index (χ3v) is 3.51. The van der Waals surface area contributed by atoms with E-state index in [1.54, 1.807) is 0 Å². The summed E-state index contributed by atoms with van der Waals surface area (Å²) in [5.74, 6) is 0.674. The lowest BCUT2D eigenvalue weighted by molar-refractivity contribution is 0.627. The zero-order valence-corrected chi connectivity index (χ0v) is 12.1. The highest BCUT2D eigenvalue weighted by molar-refractivity contribution is 5.62. The second-order valence-electron chi connectivity index (χ2n) is 5.15. The maximum atomic E-state index is 12.0. The minimum atomic E-state index is -0.292. The predicted molar refractivity (Wildman–Crippen MR) is 86.7 cm³/mol. The van der Waals surface area contributed by atoms with Crippen molar-refractivity contribution in [3.8, 4) is 11.3 Å². The van der Waals surface area contributed by atoms with Crippen molar-refractivity contribution >= 4 is 12.2 Å². The highest BCUT2D eigenvalue weighted by Gasteiger charge is 2.08. The largest absolute Gasteiger partial charge is 0.288 e. The van der Waals surface area contributed by atoms with E-state index in [4.69, 9.17) is 0 Å². The van der Waals surface area contributed by atoms with Crippen molar-refractivity contribution in [2.24, 2.45) is 11.0 Å². The van der Waals surface area contributed by atoms with Crippen molar-refractivity contribution in [2.75, 3.05) is 5.43 Å². The van der Waals surface area contributed by atoms with Gasteiger partial charge in [-0.1, -0.05) is 42.5 Å². The van der Waals surface area contributed by atoms with Crippen LogP contribution in [0.2, 0.25) is 0 Å². The van der Waals surface area contributed by atoms with E-state index in [0.717, 1.165) is 24.8 Å². The van der Waals surface area contributed by atoms with Gasteiger partial charge in [-0.2, -0.15) is 5.10 Å². The van der Waals surface area contributed by atoms with Crippen LogP contribution in [0.4, 0.5) is 5.95 Å². The number of hydrazone groups is 1. The molecule has 0 aliphatic heterocycles. The lowest BCUT2D eigenvalue weighted by Gasteiger charge is -2.11. The zero-order valence-electron chi connectivity index (χ0n) is 12.1. The molecule has 6 heteroatoms. The number of allylic oxidation sites excluding steroid dienone is 2. The van der Waals surface area contributed by atoms with E-state index in [2.05, 4.69) is 37.9 Å². The fourth-order valence-electron chi connectivity index (χ4n) is 2.33. The Hall–Kier alpha value is -2.76. The van der Waals surface area contributed by atoms with Gasteiger partial charge in [0.15, 0.2) is 5.69 Å². The maximum Gasteiger partial charge on any atom is 0.279 e. The van der Waals surface area contributed by atoms with Crippen molar-refractivity contribution in [2.45, 2.75) is 19.3 Å². The van der Waals surface area contributed by atoms with Crippen LogP contribution in [0.5, 0.6) is 0 Å². The molecule has 2 aromatic rings. The predicted octanol–water partition coefficient (Wildman–Crippen LogP) is 2.59. The number of benzene rings is 1. The fourth-order valence-corrected chi connectivity index (χ4v) is 2.33. The molecule has 0 spiro atoms. The Labute approximate surface area is 128 Å². The summed E-state index contributed by atoms with van der Waals surface area (Å²) in [7, 11) is 0. The molecule has 6 nitrogen and oxygen atoms in total. The molecule has 1 atom stereocenters. The van der Waals surface area contributed by atoms with Gasteiger partial charge < -0.3 is 0 Å². The summed E-state index contributed by atoms with van der Waals surface area (Å²) in [6, 6.07) is 9.23. The van der Waals surface area contributed by atoms with Crippen LogP contribution in [0.1, 0.15) is 19.3 Å². The van der Waals surface area contributed by atoms with Gasteiger partial charge in [0.05, 0.1) is 0 Å². The standard InChI is InChI=1S/C16H17N5O/c22-15-14(13-9-5-2-6-10-13)19-21-16(18-15)20-17-11-12-7-3-1-4-8-12/h1-3,5-6,9-12H,4,7-8H2,(H2,18,20,21,22)/b17-11+. The van der Waals surface area contributed by atoms with Gasteiger partial charge in [-0.15, -0.1) is 10.2 Å². The number of H-pyrrole nitrogens is 1. The number of hydrogen-bond acceptors (Lipinski definition) is 5. The molecule has 2 N–H and O–H groups in total. The van der Waals surface area contributed by atoms with Crippen LogP contribution in [0, 0.1) is 5.92 Å². The van der Waals surface area contributed by atoms with Gasteiger partial charge in [0.1, 0.15) is 0 Å². The topological polar surface area (TPSA) is 83.0 Å². The van der Waals surface area contributed by atoms with Gasteiger partial charge in [-0.3, -0.25) is 9.78 Å². The molecule has 0 fully saturated rings. The molecular weight excluding hydrogens is 278 g/mol. The molecule has 0 saturated heterocycles. The Bertz CT molecular complexity index is 736. The van der Waals surface area contributed by atoms with Gasteiger partial charge in [0, 0.05) is 11.8 Å². The van der Waals surface area contributed by atoms with Crippen molar-refractivity contribution in [3.63, 3.8) is 0 Å². The van der Waals surface area contributed by atoms with Gasteiger partial charge in [-0.25, -0.2) is 5.43 Å². The SMILES string of the molecule is O=c1[nH]c(N/N=C/C2CC=CCC2)nnc1-c1ccccc1. The van der Waals surface area contributed by atoms with Crippen molar-refractivity contribution < 1.29 is 0 Å². The summed E-state index contributed by atoms with van der Waals surface area (Å²) in [6.45, 7) is 0.